The molecule has 2 N–H and O–H groups in total. The van der Waals surface area contributed by atoms with Crippen molar-refractivity contribution in [3.8, 4) is 10.6 Å². The van der Waals surface area contributed by atoms with Gasteiger partial charge in [0.25, 0.3) is 5.91 Å². The minimum absolute atomic E-state index is 0.0774. The van der Waals surface area contributed by atoms with Crippen molar-refractivity contribution < 1.29 is 13.6 Å². The molecule has 1 amide bonds. The molecule has 0 aliphatic heterocycles. The summed E-state index contributed by atoms with van der Waals surface area (Å²) in [7, 11) is 0. The van der Waals surface area contributed by atoms with E-state index in [0.717, 1.165) is 22.8 Å². The van der Waals surface area contributed by atoms with Gasteiger partial charge in [-0.2, -0.15) is 0 Å². The lowest BCUT2D eigenvalue weighted by Crippen LogP contribution is -2.14. The third kappa shape index (κ3) is 4.43. The SMILES string of the molecule is CCNSc1ccc(F)c(C(=O)Nc2nnc(-c3ccc(F)cc3)s2)c1. The first-order valence-electron chi connectivity index (χ1n) is 7.67. The van der Waals surface area contributed by atoms with E-state index in [2.05, 4.69) is 20.2 Å². The summed E-state index contributed by atoms with van der Waals surface area (Å²) < 4.78 is 30.0. The van der Waals surface area contributed by atoms with E-state index >= 15 is 0 Å². The standard InChI is InChI=1S/C17H14F2N4OS2/c1-2-20-26-12-7-8-14(19)13(9-12)15(24)21-17-23-22-16(25-17)10-3-5-11(18)6-4-10/h3-9,20H,2H2,1H3,(H,21,23,24). The van der Waals surface area contributed by atoms with Crippen LogP contribution in [0.5, 0.6) is 0 Å². The fraction of sp³-hybridized carbons (Fsp3) is 0.118. The molecule has 0 atom stereocenters. The summed E-state index contributed by atoms with van der Waals surface area (Å²) in [6.45, 7) is 2.68. The average Bonchev–Trinajstić information content (AvgIpc) is 3.10. The lowest BCUT2D eigenvalue weighted by Gasteiger charge is -2.06. The van der Waals surface area contributed by atoms with E-state index in [0.29, 0.717) is 10.6 Å². The van der Waals surface area contributed by atoms with Crippen LogP contribution in [0.25, 0.3) is 10.6 Å². The number of amides is 1. The molecular weight excluding hydrogens is 378 g/mol. The number of aromatic nitrogens is 2. The first-order chi connectivity index (χ1) is 12.6. The van der Waals surface area contributed by atoms with Gasteiger partial charge in [-0.3, -0.25) is 14.8 Å². The van der Waals surface area contributed by atoms with Crippen molar-refractivity contribution >= 4 is 34.3 Å². The number of hydrogen-bond acceptors (Lipinski definition) is 6. The van der Waals surface area contributed by atoms with E-state index in [1.54, 1.807) is 18.2 Å². The highest BCUT2D eigenvalue weighted by Crippen LogP contribution is 2.27. The van der Waals surface area contributed by atoms with Gasteiger partial charge in [-0.05, 0) is 54.4 Å². The lowest BCUT2D eigenvalue weighted by atomic mass is 10.2. The molecule has 2 aromatic carbocycles. The van der Waals surface area contributed by atoms with Crippen LogP contribution >= 0.6 is 23.3 Å². The maximum absolute atomic E-state index is 14.0. The van der Waals surface area contributed by atoms with E-state index in [-0.39, 0.29) is 16.5 Å². The van der Waals surface area contributed by atoms with Crippen LogP contribution in [0, 0.1) is 11.6 Å². The van der Waals surface area contributed by atoms with Crippen molar-refractivity contribution in [3.63, 3.8) is 0 Å². The molecule has 0 aliphatic carbocycles. The molecule has 0 bridgehead atoms. The van der Waals surface area contributed by atoms with Gasteiger partial charge in [-0.15, -0.1) is 10.2 Å². The van der Waals surface area contributed by atoms with Crippen molar-refractivity contribution in [2.75, 3.05) is 11.9 Å². The number of hydrogen-bond donors (Lipinski definition) is 2. The number of benzene rings is 2. The molecule has 0 saturated heterocycles. The predicted molar refractivity (Wildman–Crippen MR) is 99.2 cm³/mol. The molecule has 0 radical (unpaired) electrons. The van der Waals surface area contributed by atoms with Crippen LogP contribution in [0.3, 0.4) is 0 Å². The number of rotatable bonds is 6. The molecule has 0 unspecified atom stereocenters. The Hall–Kier alpha value is -2.36. The van der Waals surface area contributed by atoms with Crippen molar-refractivity contribution in [2.45, 2.75) is 11.8 Å². The van der Waals surface area contributed by atoms with Gasteiger partial charge in [-0.25, -0.2) is 8.78 Å². The molecule has 1 aromatic heterocycles. The zero-order valence-corrected chi connectivity index (χ0v) is 15.3. The number of carbonyl (C=O) groups excluding carboxylic acids is 1. The molecule has 0 aliphatic rings. The number of nitrogens with zero attached hydrogens (tertiary/aromatic N) is 2. The Morgan fingerprint density at radius 1 is 1.15 bits per heavy atom. The highest BCUT2D eigenvalue weighted by Gasteiger charge is 2.16. The van der Waals surface area contributed by atoms with Crippen LogP contribution in [0.2, 0.25) is 0 Å². The van der Waals surface area contributed by atoms with Crippen molar-refractivity contribution in [1.29, 1.82) is 0 Å². The Bertz CT molecular complexity index is 915. The fourth-order valence-corrected chi connectivity index (χ4v) is 3.41. The largest absolute Gasteiger partial charge is 0.296 e. The summed E-state index contributed by atoms with van der Waals surface area (Å²) in [6, 6.07) is 10.1. The quantitative estimate of drug-likeness (QED) is 0.611. The van der Waals surface area contributed by atoms with Crippen LogP contribution in [0.15, 0.2) is 47.4 Å². The minimum Gasteiger partial charge on any atom is -0.296 e. The summed E-state index contributed by atoms with van der Waals surface area (Å²) in [5.41, 5.74) is 0.603. The van der Waals surface area contributed by atoms with E-state index in [1.165, 1.54) is 36.2 Å². The Morgan fingerprint density at radius 2 is 1.92 bits per heavy atom. The third-order valence-corrected chi connectivity index (χ3v) is 5.06. The molecule has 0 saturated carbocycles. The second kappa shape index (κ2) is 8.35. The second-order valence-electron chi connectivity index (χ2n) is 5.11. The van der Waals surface area contributed by atoms with Gasteiger partial charge >= 0.3 is 0 Å². The highest BCUT2D eigenvalue weighted by atomic mass is 32.2. The second-order valence-corrected chi connectivity index (χ2v) is 7.06. The summed E-state index contributed by atoms with van der Waals surface area (Å²) in [4.78, 5) is 13.1. The van der Waals surface area contributed by atoms with E-state index in [4.69, 9.17) is 0 Å². The van der Waals surface area contributed by atoms with Gasteiger partial charge in [0.15, 0.2) is 0 Å². The topological polar surface area (TPSA) is 66.9 Å². The van der Waals surface area contributed by atoms with Crippen LogP contribution in [-0.4, -0.2) is 22.6 Å². The Labute approximate surface area is 157 Å². The van der Waals surface area contributed by atoms with Gasteiger partial charge in [0.1, 0.15) is 16.6 Å². The molecule has 26 heavy (non-hydrogen) atoms. The molecule has 5 nitrogen and oxygen atoms in total. The summed E-state index contributed by atoms with van der Waals surface area (Å²) in [5.74, 6) is -1.58. The minimum atomic E-state index is -0.619. The van der Waals surface area contributed by atoms with Gasteiger partial charge in [0, 0.05) is 17.0 Å². The van der Waals surface area contributed by atoms with E-state index in [1.807, 2.05) is 6.92 Å². The molecule has 1 heterocycles. The average molecular weight is 392 g/mol. The van der Waals surface area contributed by atoms with Crippen molar-refractivity contribution in [2.24, 2.45) is 0 Å². The third-order valence-electron chi connectivity index (χ3n) is 3.25. The highest BCUT2D eigenvalue weighted by molar-refractivity contribution is 7.97. The lowest BCUT2D eigenvalue weighted by molar-refractivity contribution is 0.102. The van der Waals surface area contributed by atoms with Gasteiger partial charge in [0.2, 0.25) is 5.13 Å². The normalized spacial score (nSPS) is 10.7. The van der Waals surface area contributed by atoms with E-state index in [9.17, 15) is 13.6 Å². The first kappa shape index (κ1) is 18.4. The summed E-state index contributed by atoms with van der Waals surface area (Å²) >= 11 is 2.44. The van der Waals surface area contributed by atoms with Gasteiger partial charge < -0.3 is 0 Å². The molecular formula is C17H14F2N4OS2. The zero-order chi connectivity index (χ0) is 18.5. The Balaban J connectivity index is 1.75. The maximum atomic E-state index is 14.0. The number of halogens is 2. The summed E-state index contributed by atoms with van der Waals surface area (Å²) in [5, 5.41) is 11.2. The molecule has 134 valence electrons. The Kier molecular flexibility index (Phi) is 5.92. The van der Waals surface area contributed by atoms with Crippen LogP contribution in [-0.2, 0) is 0 Å². The van der Waals surface area contributed by atoms with Gasteiger partial charge in [-0.1, -0.05) is 18.3 Å². The smallest absolute Gasteiger partial charge is 0.260 e. The zero-order valence-electron chi connectivity index (χ0n) is 13.6. The molecule has 9 heteroatoms. The van der Waals surface area contributed by atoms with Crippen LogP contribution in [0.4, 0.5) is 13.9 Å². The van der Waals surface area contributed by atoms with Crippen molar-refractivity contribution in [3.05, 3.63) is 59.7 Å². The Morgan fingerprint density at radius 3 is 2.65 bits per heavy atom. The monoisotopic (exact) mass is 392 g/mol. The molecule has 3 aromatic rings. The molecule has 0 fully saturated rings. The fourth-order valence-electron chi connectivity index (χ4n) is 2.04. The van der Waals surface area contributed by atoms with Crippen LogP contribution < -0.4 is 10.0 Å². The first-order valence-corrected chi connectivity index (χ1v) is 9.30. The summed E-state index contributed by atoms with van der Waals surface area (Å²) in [6.07, 6.45) is 0. The van der Waals surface area contributed by atoms with E-state index < -0.39 is 11.7 Å². The number of carbonyl (C=O) groups is 1. The number of anilines is 1. The molecule has 0 spiro atoms. The molecule has 3 rings (SSSR count). The van der Waals surface area contributed by atoms with Gasteiger partial charge in [0.05, 0.1) is 5.56 Å². The van der Waals surface area contributed by atoms with Crippen LogP contribution in [0.1, 0.15) is 17.3 Å². The van der Waals surface area contributed by atoms with Crippen molar-refractivity contribution in [1.82, 2.24) is 14.9 Å². The number of nitrogens with one attached hydrogen (secondary N) is 2. The predicted octanol–water partition coefficient (Wildman–Crippen LogP) is 4.35. The maximum Gasteiger partial charge on any atom is 0.260 e.